The molecule has 1 atom stereocenters. The molecule has 9 heteroatoms. The van der Waals surface area contributed by atoms with E-state index in [-0.39, 0.29) is 11.3 Å². The topological polar surface area (TPSA) is 130 Å². The lowest BCUT2D eigenvalue weighted by molar-refractivity contribution is -0.385. The molecule has 2 aromatic carbocycles. The van der Waals surface area contributed by atoms with Gasteiger partial charge in [-0.3, -0.25) is 25.0 Å². The second-order valence-electron chi connectivity index (χ2n) is 5.84. The Bertz CT molecular complexity index is 942. The van der Waals surface area contributed by atoms with E-state index >= 15 is 0 Å². The molecule has 1 aliphatic rings. The van der Waals surface area contributed by atoms with Gasteiger partial charge in [-0.15, -0.1) is 0 Å². The number of carbonyl (C=O) groups excluding carboxylic acids is 3. The monoisotopic (exact) mass is 354 g/mol. The Morgan fingerprint density at radius 1 is 1.15 bits per heavy atom. The molecule has 2 aromatic rings. The third kappa shape index (κ3) is 2.97. The van der Waals surface area contributed by atoms with Crippen LogP contribution >= 0.6 is 0 Å². The van der Waals surface area contributed by atoms with Crippen LogP contribution in [0.3, 0.4) is 0 Å². The fourth-order valence-electron chi connectivity index (χ4n) is 2.68. The SMILES string of the molecule is C[C@]1(c2cccc(NC(=O)c3ccccc3[N+](=O)[O-])c2)NC(=O)NC1=O. The molecule has 3 rings (SSSR count). The van der Waals surface area contributed by atoms with Gasteiger partial charge in [0.05, 0.1) is 4.92 Å². The van der Waals surface area contributed by atoms with Crippen LogP contribution in [-0.4, -0.2) is 22.8 Å². The molecule has 0 aromatic heterocycles. The molecule has 132 valence electrons. The average Bonchev–Trinajstić information content (AvgIpc) is 2.88. The summed E-state index contributed by atoms with van der Waals surface area (Å²) >= 11 is 0. The Balaban J connectivity index is 1.88. The number of hydrogen-bond acceptors (Lipinski definition) is 5. The number of anilines is 1. The molecule has 1 saturated heterocycles. The Morgan fingerprint density at radius 3 is 2.54 bits per heavy atom. The predicted molar refractivity (Wildman–Crippen MR) is 91.5 cm³/mol. The van der Waals surface area contributed by atoms with Gasteiger partial charge in [-0.2, -0.15) is 0 Å². The number of amides is 4. The second kappa shape index (κ2) is 6.28. The molecular weight excluding hydrogens is 340 g/mol. The van der Waals surface area contributed by atoms with Crippen molar-refractivity contribution in [1.82, 2.24) is 10.6 Å². The Morgan fingerprint density at radius 2 is 1.88 bits per heavy atom. The summed E-state index contributed by atoms with van der Waals surface area (Å²) in [7, 11) is 0. The molecular formula is C17H14N4O5. The molecule has 0 radical (unpaired) electrons. The first kappa shape index (κ1) is 17.1. The van der Waals surface area contributed by atoms with Crippen LogP contribution < -0.4 is 16.0 Å². The average molecular weight is 354 g/mol. The van der Waals surface area contributed by atoms with Gasteiger partial charge >= 0.3 is 6.03 Å². The highest BCUT2D eigenvalue weighted by atomic mass is 16.6. The maximum Gasteiger partial charge on any atom is 0.322 e. The highest BCUT2D eigenvalue weighted by molar-refractivity contribution is 6.08. The maximum atomic E-state index is 12.4. The van der Waals surface area contributed by atoms with Gasteiger partial charge in [-0.25, -0.2) is 4.79 Å². The highest BCUT2D eigenvalue weighted by Gasteiger charge is 2.43. The predicted octanol–water partition coefficient (Wildman–Crippen LogP) is 1.90. The van der Waals surface area contributed by atoms with Crippen molar-refractivity contribution in [2.24, 2.45) is 0 Å². The van der Waals surface area contributed by atoms with Crippen molar-refractivity contribution in [1.29, 1.82) is 0 Å². The lowest BCUT2D eigenvalue weighted by Gasteiger charge is -2.21. The highest BCUT2D eigenvalue weighted by Crippen LogP contribution is 2.27. The Labute approximate surface area is 147 Å². The summed E-state index contributed by atoms with van der Waals surface area (Å²) in [5.74, 6) is -1.16. The van der Waals surface area contributed by atoms with E-state index in [0.717, 1.165) is 0 Å². The zero-order valence-corrected chi connectivity index (χ0v) is 13.6. The smallest absolute Gasteiger partial charge is 0.322 e. The van der Waals surface area contributed by atoms with Crippen LogP contribution in [0.25, 0.3) is 0 Å². The maximum absolute atomic E-state index is 12.4. The third-order valence-corrected chi connectivity index (χ3v) is 4.09. The zero-order valence-electron chi connectivity index (χ0n) is 13.6. The third-order valence-electron chi connectivity index (χ3n) is 4.09. The van der Waals surface area contributed by atoms with Crippen molar-refractivity contribution in [3.63, 3.8) is 0 Å². The van der Waals surface area contributed by atoms with Gasteiger partial charge in [0.1, 0.15) is 11.1 Å². The summed E-state index contributed by atoms with van der Waals surface area (Å²) in [6.07, 6.45) is 0. The van der Waals surface area contributed by atoms with Gasteiger partial charge in [-0.05, 0) is 30.7 Å². The minimum atomic E-state index is -1.27. The van der Waals surface area contributed by atoms with E-state index in [1.165, 1.54) is 37.3 Å². The van der Waals surface area contributed by atoms with E-state index < -0.39 is 28.3 Å². The van der Waals surface area contributed by atoms with Crippen molar-refractivity contribution in [3.8, 4) is 0 Å². The molecule has 1 aliphatic heterocycles. The molecule has 3 N–H and O–H groups in total. The first-order valence-corrected chi connectivity index (χ1v) is 7.60. The molecule has 0 aliphatic carbocycles. The number of hydrogen-bond donors (Lipinski definition) is 3. The van der Waals surface area contributed by atoms with E-state index in [4.69, 9.17) is 0 Å². The van der Waals surface area contributed by atoms with E-state index in [1.807, 2.05) is 0 Å². The molecule has 9 nitrogen and oxygen atoms in total. The first-order chi connectivity index (χ1) is 12.3. The summed E-state index contributed by atoms with van der Waals surface area (Å²) < 4.78 is 0. The van der Waals surface area contributed by atoms with Gasteiger partial charge in [0.25, 0.3) is 17.5 Å². The molecule has 1 heterocycles. The number of nitro benzene ring substituents is 1. The number of urea groups is 1. The fourth-order valence-corrected chi connectivity index (χ4v) is 2.68. The Kier molecular flexibility index (Phi) is 4.13. The van der Waals surface area contributed by atoms with Gasteiger partial charge < -0.3 is 10.6 Å². The molecule has 4 amide bonds. The fraction of sp³-hybridized carbons (Fsp3) is 0.118. The summed E-state index contributed by atoms with van der Waals surface area (Å²) in [5, 5.41) is 18.3. The number of carbonyl (C=O) groups is 3. The van der Waals surface area contributed by atoms with E-state index in [0.29, 0.717) is 11.3 Å². The van der Waals surface area contributed by atoms with Gasteiger partial charge in [0, 0.05) is 11.8 Å². The standard InChI is InChI=1S/C17H14N4O5/c1-17(15(23)19-16(24)20-17)10-5-4-6-11(9-10)18-14(22)12-7-2-3-8-13(12)21(25)26/h2-9H,1H3,(H,18,22)(H2,19,20,23,24)/t17-/m1/s1. The van der Waals surface area contributed by atoms with Crippen molar-refractivity contribution < 1.29 is 19.3 Å². The number of nitrogens with one attached hydrogen (secondary N) is 3. The van der Waals surface area contributed by atoms with Crippen molar-refractivity contribution in [2.45, 2.75) is 12.5 Å². The summed E-state index contributed by atoms with van der Waals surface area (Å²) in [6.45, 7) is 1.54. The van der Waals surface area contributed by atoms with Crippen LogP contribution in [0.5, 0.6) is 0 Å². The molecule has 1 fully saturated rings. The van der Waals surface area contributed by atoms with Crippen LogP contribution in [0.15, 0.2) is 48.5 Å². The van der Waals surface area contributed by atoms with Crippen LogP contribution in [0.1, 0.15) is 22.8 Å². The molecule has 0 spiro atoms. The number of imide groups is 1. The second-order valence-corrected chi connectivity index (χ2v) is 5.84. The van der Waals surface area contributed by atoms with Gasteiger partial charge in [0.2, 0.25) is 0 Å². The number of nitro groups is 1. The van der Waals surface area contributed by atoms with Crippen LogP contribution in [0.2, 0.25) is 0 Å². The zero-order chi connectivity index (χ0) is 18.9. The number of para-hydroxylation sites is 1. The lowest BCUT2D eigenvalue weighted by Crippen LogP contribution is -2.40. The lowest BCUT2D eigenvalue weighted by atomic mass is 9.92. The largest absolute Gasteiger partial charge is 0.322 e. The number of benzene rings is 2. The quantitative estimate of drug-likeness (QED) is 0.438. The molecule has 26 heavy (non-hydrogen) atoms. The van der Waals surface area contributed by atoms with Crippen molar-refractivity contribution in [2.75, 3.05) is 5.32 Å². The van der Waals surface area contributed by atoms with Crippen molar-refractivity contribution in [3.05, 3.63) is 69.8 Å². The van der Waals surface area contributed by atoms with Crippen molar-refractivity contribution >= 4 is 29.2 Å². The van der Waals surface area contributed by atoms with Gasteiger partial charge in [0.15, 0.2) is 0 Å². The molecule has 0 bridgehead atoms. The summed E-state index contributed by atoms with van der Waals surface area (Å²) in [4.78, 5) is 46.3. The molecule has 0 unspecified atom stereocenters. The summed E-state index contributed by atoms with van der Waals surface area (Å²) in [6, 6.07) is 11.3. The van der Waals surface area contributed by atoms with E-state index in [1.54, 1.807) is 18.2 Å². The molecule has 0 saturated carbocycles. The summed E-state index contributed by atoms with van der Waals surface area (Å²) in [5.41, 5.74) is -0.866. The van der Waals surface area contributed by atoms with Crippen LogP contribution in [-0.2, 0) is 10.3 Å². The van der Waals surface area contributed by atoms with E-state index in [9.17, 15) is 24.5 Å². The van der Waals surface area contributed by atoms with Crippen LogP contribution in [0.4, 0.5) is 16.2 Å². The van der Waals surface area contributed by atoms with E-state index in [2.05, 4.69) is 16.0 Å². The first-order valence-electron chi connectivity index (χ1n) is 7.60. The van der Waals surface area contributed by atoms with Crippen LogP contribution in [0, 0.1) is 10.1 Å². The minimum absolute atomic E-state index is 0.0824. The number of rotatable bonds is 4. The Hall–Kier alpha value is -3.75. The van der Waals surface area contributed by atoms with Gasteiger partial charge in [-0.1, -0.05) is 24.3 Å². The normalized spacial score (nSPS) is 18.8. The minimum Gasteiger partial charge on any atom is -0.322 e. The number of nitrogens with zero attached hydrogens (tertiary/aromatic N) is 1.